The van der Waals surface area contributed by atoms with Gasteiger partial charge in [0.2, 0.25) is 0 Å². The van der Waals surface area contributed by atoms with Crippen LogP contribution in [0.15, 0.2) is 76.1 Å². The molecule has 162 valence electrons. The normalized spacial score (nSPS) is 11.8. The number of alkyl halides is 3. The number of amides is 1. The summed E-state index contributed by atoms with van der Waals surface area (Å²) in [4.78, 5) is 12.5. The van der Waals surface area contributed by atoms with Crippen molar-refractivity contribution < 1.29 is 26.4 Å². The molecule has 0 fully saturated rings. The quantitative estimate of drug-likeness (QED) is 0.451. The molecule has 10 heteroatoms. The lowest BCUT2D eigenvalue weighted by Crippen LogP contribution is -2.17. The van der Waals surface area contributed by atoms with E-state index in [1.54, 1.807) is 31.2 Å². The highest BCUT2D eigenvalue weighted by Crippen LogP contribution is 2.31. The van der Waals surface area contributed by atoms with Gasteiger partial charge >= 0.3 is 6.18 Å². The number of carbonyl (C=O) groups is 1. The Balaban J connectivity index is 1.89. The van der Waals surface area contributed by atoms with Crippen LogP contribution in [0.4, 0.5) is 24.5 Å². The molecule has 2 N–H and O–H groups in total. The zero-order valence-corrected chi connectivity index (χ0v) is 18.4. The molecule has 5 nitrogen and oxygen atoms in total. The number of anilines is 2. The molecule has 0 aromatic heterocycles. The van der Waals surface area contributed by atoms with Gasteiger partial charge in [-0.2, -0.15) is 13.2 Å². The van der Waals surface area contributed by atoms with Crippen LogP contribution < -0.4 is 10.0 Å². The Morgan fingerprint density at radius 3 is 2.35 bits per heavy atom. The molecular formula is C21H16BrF3N2O3S. The molecule has 0 atom stereocenters. The van der Waals surface area contributed by atoms with Crippen molar-refractivity contribution >= 4 is 43.2 Å². The van der Waals surface area contributed by atoms with Crippen molar-refractivity contribution in [2.75, 3.05) is 10.0 Å². The Morgan fingerprint density at radius 1 is 0.968 bits per heavy atom. The second-order valence-corrected chi connectivity index (χ2v) is 9.13. The first kappa shape index (κ1) is 22.8. The number of halogens is 4. The van der Waals surface area contributed by atoms with Crippen molar-refractivity contribution in [2.45, 2.75) is 18.0 Å². The highest BCUT2D eigenvalue weighted by atomic mass is 79.9. The average Bonchev–Trinajstić information content (AvgIpc) is 2.69. The van der Waals surface area contributed by atoms with Gasteiger partial charge in [0.05, 0.1) is 16.1 Å². The summed E-state index contributed by atoms with van der Waals surface area (Å²) in [5, 5.41) is 2.39. The first-order valence-corrected chi connectivity index (χ1v) is 11.1. The Morgan fingerprint density at radius 2 is 1.68 bits per heavy atom. The predicted octanol–water partition coefficient (Wildman–Crippen LogP) is 5.83. The highest BCUT2D eigenvalue weighted by molar-refractivity contribution is 9.10. The first-order chi connectivity index (χ1) is 14.5. The maximum absolute atomic E-state index is 12.9. The van der Waals surface area contributed by atoms with Crippen molar-refractivity contribution in [1.29, 1.82) is 0 Å². The van der Waals surface area contributed by atoms with E-state index in [9.17, 15) is 26.4 Å². The molecule has 3 aromatic carbocycles. The molecule has 0 aliphatic carbocycles. The van der Waals surface area contributed by atoms with E-state index in [0.29, 0.717) is 15.7 Å². The van der Waals surface area contributed by atoms with E-state index in [2.05, 4.69) is 26.0 Å². The van der Waals surface area contributed by atoms with Gasteiger partial charge in [0.25, 0.3) is 15.9 Å². The van der Waals surface area contributed by atoms with Crippen LogP contribution in [0.1, 0.15) is 21.5 Å². The molecule has 0 saturated heterocycles. The SMILES string of the molecule is Cc1ccc(S(=O)(=O)Nc2ccccc2Br)cc1C(=O)Nc1cccc(C(F)(F)F)c1. The van der Waals surface area contributed by atoms with E-state index in [4.69, 9.17) is 0 Å². The molecule has 0 spiro atoms. The Labute approximate surface area is 185 Å². The lowest BCUT2D eigenvalue weighted by molar-refractivity contribution is -0.137. The van der Waals surface area contributed by atoms with Crippen molar-refractivity contribution in [3.05, 3.63) is 87.9 Å². The van der Waals surface area contributed by atoms with Gasteiger partial charge in [-0.15, -0.1) is 0 Å². The highest BCUT2D eigenvalue weighted by Gasteiger charge is 2.30. The van der Waals surface area contributed by atoms with Crippen molar-refractivity contribution in [2.24, 2.45) is 0 Å². The van der Waals surface area contributed by atoms with Gasteiger partial charge in [-0.05, 0) is 70.9 Å². The van der Waals surface area contributed by atoms with Crippen molar-refractivity contribution in [3.8, 4) is 0 Å². The second-order valence-electron chi connectivity index (χ2n) is 6.59. The van der Waals surface area contributed by atoms with Crippen LogP contribution in [-0.2, 0) is 16.2 Å². The average molecular weight is 513 g/mol. The molecule has 0 unspecified atom stereocenters. The van der Waals surface area contributed by atoms with E-state index >= 15 is 0 Å². The molecular weight excluding hydrogens is 497 g/mol. The maximum atomic E-state index is 12.9. The second kappa shape index (κ2) is 8.72. The Hall–Kier alpha value is -2.85. The molecule has 0 radical (unpaired) electrons. The molecule has 0 saturated carbocycles. The van der Waals surface area contributed by atoms with Crippen LogP contribution >= 0.6 is 15.9 Å². The first-order valence-electron chi connectivity index (χ1n) is 8.84. The minimum atomic E-state index is -4.55. The molecule has 0 aliphatic rings. The lowest BCUT2D eigenvalue weighted by Gasteiger charge is -2.13. The fourth-order valence-corrected chi connectivity index (χ4v) is 4.35. The fraction of sp³-hybridized carbons (Fsp3) is 0.0952. The zero-order chi connectivity index (χ0) is 22.8. The van der Waals surface area contributed by atoms with Gasteiger partial charge < -0.3 is 5.32 Å². The summed E-state index contributed by atoms with van der Waals surface area (Å²) in [6, 6.07) is 14.8. The molecule has 3 rings (SSSR count). The number of hydrogen-bond donors (Lipinski definition) is 2. The smallest absolute Gasteiger partial charge is 0.322 e. The monoisotopic (exact) mass is 512 g/mol. The molecule has 0 heterocycles. The third-order valence-corrected chi connectivity index (χ3v) is 6.38. The molecule has 0 aliphatic heterocycles. The van der Waals surface area contributed by atoms with E-state index < -0.39 is 27.7 Å². The molecule has 31 heavy (non-hydrogen) atoms. The summed E-state index contributed by atoms with van der Waals surface area (Å²) >= 11 is 3.26. The number of hydrogen-bond acceptors (Lipinski definition) is 3. The summed E-state index contributed by atoms with van der Waals surface area (Å²) in [6.45, 7) is 1.60. The van der Waals surface area contributed by atoms with Crippen LogP contribution in [0, 0.1) is 6.92 Å². The molecule has 0 bridgehead atoms. The van der Waals surface area contributed by atoms with Crippen LogP contribution in [0.3, 0.4) is 0 Å². The van der Waals surface area contributed by atoms with E-state index in [1.165, 1.54) is 30.3 Å². The Bertz CT molecular complexity index is 1240. The fourth-order valence-electron chi connectivity index (χ4n) is 2.73. The summed E-state index contributed by atoms with van der Waals surface area (Å²) in [7, 11) is -4.02. The van der Waals surface area contributed by atoms with E-state index in [1.807, 2.05) is 0 Å². The molecule has 3 aromatic rings. The third kappa shape index (κ3) is 5.45. The zero-order valence-electron chi connectivity index (χ0n) is 16.0. The van der Waals surface area contributed by atoms with Crippen LogP contribution in [-0.4, -0.2) is 14.3 Å². The number of sulfonamides is 1. The lowest BCUT2D eigenvalue weighted by atomic mass is 10.1. The van der Waals surface area contributed by atoms with E-state index in [-0.39, 0.29) is 16.1 Å². The van der Waals surface area contributed by atoms with Gasteiger partial charge in [-0.3, -0.25) is 9.52 Å². The van der Waals surface area contributed by atoms with E-state index in [0.717, 1.165) is 12.1 Å². The van der Waals surface area contributed by atoms with Crippen molar-refractivity contribution in [3.63, 3.8) is 0 Å². The van der Waals surface area contributed by atoms with Gasteiger partial charge in [0.15, 0.2) is 0 Å². The van der Waals surface area contributed by atoms with Crippen LogP contribution in [0.25, 0.3) is 0 Å². The summed E-state index contributed by atoms with van der Waals surface area (Å²) in [5.74, 6) is -0.727. The number of aryl methyl sites for hydroxylation is 1. The standard InChI is InChI=1S/C21H16BrF3N2O3S/c1-13-9-10-16(31(29,30)27-19-8-3-2-7-18(19)22)12-17(13)20(28)26-15-6-4-5-14(11-15)21(23,24)25/h2-12,27H,1H3,(H,26,28). The number of nitrogens with one attached hydrogen (secondary N) is 2. The summed E-state index contributed by atoms with van der Waals surface area (Å²) in [5.41, 5.74) is -0.162. The number of para-hydroxylation sites is 1. The molecule has 1 amide bonds. The minimum absolute atomic E-state index is 0.0208. The maximum Gasteiger partial charge on any atom is 0.416 e. The van der Waals surface area contributed by atoms with Crippen LogP contribution in [0.5, 0.6) is 0 Å². The Kier molecular flexibility index (Phi) is 6.42. The van der Waals surface area contributed by atoms with Gasteiger partial charge in [0.1, 0.15) is 0 Å². The van der Waals surface area contributed by atoms with Crippen LogP contribution in [0.2, 0.25) is 0 Å². The van der Waals surface area contributed by atoms with Crippen molar-refractivity contribution in [1.82, 2.24) is 0 Å². The summed E-state index contributed by atoms with van der Waals surface area (Å²) in [6.07, 6.45) is -4.55. The largest absolute Gasteiger partial charge is 0.416 e. The number of carbonyl (C=O) groups excluding carboxylic acids is 1. The number of benzene rings is 3. The van der Waals surface area contributed by atoms with Gasteiger partial charge in [-0.1, -0.05) is 24.3 Å². The summed E-state index contributed by atoms with van der Waals surface area (Å²) < 4.78 is 67.2. The third-order valence-electron chi connectivity index (χ3n) is 4.33. The topological polar surface area (TPSA) is 75.3 Å². The minimum Gasteiger partial charge on any atom is -0.322 e. The van der Waals surface area contributed by atoms with Gasteiger partial charge in [-0.25, -0.2) is 8.42 Å². The predicted molar refractivity (Wildman–Crippen MR) is 116 cm³/mol. The van der Waals surface area contributed by atoms with Gasteiger partial charge in [0, 0.05) is 15.7 Å². The number of rotatable bonds is 5.